The van der Waals surface area contributed by atoms with Crippen molar-refractivity contribution in [1.29, 1.82) is 0 Å². The maximum absolute atomic E-state index is 11.3. The molecule has 2 heterocycles. The molecule has 9 heteroatoms. The molecule has 1 atom stereocenters. The summed E-state index contributed by atoms with van der Waals surface area (Å²) < 4.78 is 7.38. The third kappa shape index (κ3) is 3.51. The molecule has 0 bridgehead atoms. The molecule has 0 radical (unpaired) electrons. The Morgan fingerprint density at radius 1 is 1.42 bits per heavy atom. The smallest absolute Gasteiger partial charge is 0.344 e. The van der Waals surface area contributed by atoms with E-state index in [1.807, 2.05) is 32.4 Å². The second-order valence-corrected chi connectivity index (χ2v) is 5.77. The Kier molecular flexibility index (Phi) is 5.91. The fourth-order valence-electron chi connectivity index (χ4n) is 2.64. The van der Waals surface area contributed by atoms with E-state index in [0.717, 1.165) is 11.3 Å². The molecule has 1 unspecified atom stereocenters. The maximum atomic E-state index is 11.3. The number of hydrazone groups is 1. The van der Waals surface area contributed by atoms with E-state index in [-0.39, 0.29) is 5.88 Å². The third-order valence-corrected chi connectivity index (χ3v) is 4.26. The SMILES string of the molecule is C=NN(CC)/C(C)=C(\C)c1nc2c(OC(CC)C(=O)O)ncnc2n1C. The van der Waals surface area contributed by atoms with Crippen LogP contribution in [0, 0.1) is 0 Å². The van der Waals surface area contributed by atoms with Crippen molar-refractivity contribution in [2.24, 2.45) is 12.1 Å². The van der Waals surface area contributed by atoms with Gasteiger partial charge in [-0.05, 0) is 27.2 Å². The number of aliphatic carboxylic acids is 1. The summed E-state index contributed by atoms with van der Waals surface area (Å²) in [5, 5.41) is 15.0. The van der Waals surface area contributed by atoms with Gasteiger partial charge in [-0.1, -0.05) is 6.92 Å². The van der Waals surface area contributed by atoms with Gasteiger partial charge in [-0.25, -0.2) is 14.8 Å². The van der Waals surface area contributed by atoms with Crippen LogP contribution in [0.5, 0.6) is 5.88 Å². The first kappa shape index (κ1) is 19.4. The molecule has 2 aromatic rings. The van der Waals surface area contributed by atoms with Crippen LogP contribution in [0.4, 0.5) is 0 Å². The van der Waals surface area contributed by atoms with Crippen LogP contribution in [0.2, 0.25) is 0 Å². The first-order chi connectivity index (χ1) is 12.3. The Bertz CT molecular complexity index is 858. The standard InChI is InChI=1S/C17H24N6O3/c1-7-12(17(24)25)26-16-13-15(19-9-20-16)22(6)14(21-13)10(3)11(4)23(8-2)18-5/h9,12H,5,7-8H2,1-4,6H3,(H,24,25)/b11-10+. The molecular weight excluding hydrogens is 336 g/mol. The molecule has 0 aliphatic heterocycles. The zero-order valence-corrected chi connectivity index (χ0v) is 15.7. The van der Waals surface area contributed by atoms with Crippen molar-refractivity contribution in [3.05, 3.63) is 17.8 Å². The number of hydrogen-bond donors (Lipinski definition) is 1. The van der Waals surface area contributed by atoms with E-state index >= 15 is 0 Å². The highest BCUT2D eigenvalue weighted by Crippen LogP contribution is 2.27. The number of aromatic nitrogens is 4. The number of fused-ring (bicyclic) bond motifs is 1. The number of allylic oxidation sites excluding steroid dienone is 2. The molecule has 140 valence electrons. The molecule has 9 nitrogen and oxygen atoms in total. The van der Waals surface area contributed by atoms with E-state index in [9.17, 15) is 9.90 Å². The Morgan fingerprint density at radius 2 is 2.12 bits per heavy atom. The lowest BCUT2D eigenvalue weighted by Gasteiger charge is -2.19. The van der Waals surface area contributed by atoms with Crippen LogP contribution in [0.1, 0.15) is 39.9 Å². The summed E-state index contributed by atoms with van der Waals surface area (Å²) in [5.74, 6) is -0.211. The molecule has 0 amide bonds. The molecular formula is C17H24N6O3. The van der Waals surface area contributed by atoms with Crippen molar-refractivity contribution >= 4 is 29.4 Å². The number of carbonyl (C=O) groups is 1. The normalized spacial score (nSPS) is 13.3. The highest BCUT2D eigenvalue weighted by molar-refractivity contribution is 5.81. The van der Waals surface area contributed by atoms with E-state index in [1.54, 1.807) is 11.9 Å². The zero-order valence-electron chi connectivity index (χ0n) is 15.7. The lowest BCUT2D eigenvalue weighted by molar-refractivity contribution is -0.145. The highest BCUT2D eigenvalue weighted by atomic mass is 16.5. The van der Waals surface area contributed by atoms with Crippen molar-refractivity contribution < 1.29 is 14.6 Å². The van der Waals surface area contributed by atoms with E-state index < -0.39 is 12.1 Å². The Hall–Kier alpha value is -2.97. The lowest BCUT2D eigenvalue weighted by atomic mass is 10.2. The Morgan fingerprint density at radius 3 is 2.65 bits per heavy atom. The molecule has 0 aliphatic carbocycles. The second-order valence-electron chi connectivity index (χ2n) is 5.77. The van der Waals surface area contributed by atoms with Crippen LogP contribution < -0.4 is 4.74 Å². The summed E-state index contributed by atoms with van der Waals surface area (Å²) in [5.41, 5.74) is 2.79. The summed E-state index contributed by atoms with van der Waals surface area (Å²) >= 11 is 0. The van der Waals surface area contributed by atoms with E-state index in [4.69, 9.17) is 4.74 Å². The molecule has 0 spiro atoms. The van der Waals surface area contributed by atoms with Crippen molar-refractivity contribution in [3.63, 3.8) is 0 Å². The Labute approximate surface area is 152 Å². The summed E-state index contributed by atoms with van der Waals surface area (Å²) in [6, 6.07) is 0. The van der Waals surface area contributed by atoms with Gasteiger partial charge in [-0.2, -0.15) is 10.1 Å². The highest BCUT2D eigenvalue weighted by Gasteiger charge is 2.22. The number of nitrogens with zero attached hydrogens (tertiary/aromatic N) is 6. The van der Waals surface area contributed by atoms with Gasteiger partial charge in [0.25, 0.3) is 0 Å². The van der Waals surface area contributed by atoms with Crippen LogP contribution in [0.15, 0.2) is 17.1 Å². The third-order valence-electron chi connectivity index (χ3n) is 4.26. The number of imidazole rings is 1. The second kappa shape index (κ2) is 7.94. The Balaban J connectivity index is 2.57. The predicted octanol–water partition coefficient (Wildman–Crippen LogP) is 2.29. The van der Waals surface area contributed by atoms with Gasteiger partial charge < -0.3 is 14.4 Å². The van der Waals surface area contributed by atoms with E-state index in [1.165, 1.54) is 6.33 Å². The van der Waals surface area contributed by atoms with E-state index in [0.29, 0.717) is 30.0 Å². The average Bonchev–Trinajstić information content (AvgIpc) is 2.97. The summed E-state index contributed by atoms with van der Waals surface area (Å²) in [6.45, 7) is 11.9. The minimum Gasteiger partial charge on any atom is -0.479 e. The molecule has 0 saturated heterocycles. The number of carboxylic acid groups (broad SMARTS) is 1. The molecule has 2 aromatic heterocycles. The van der Waals surface area contributed by atoms with Gasteiger partial charge in [0.15, 0.2) is 17.3 Å². The van der Waals surface area contributed by atoms with Crippen LogP contribution in [-0.2, 0) is 11.8 Å². The lowest BCUT2D eigenvalue weighted by Crippen LogP contribution is -2.26. The number of hydrogen-bond acceptors (Lipinski definition) is 7. The molecule has 1 N–H and O–H groups in total. The van der Waals surface area contributed by atoms with E-state index in [2.05, 4.69) is 26.8 Å². The molecule has 0 aromatic carbocycles. The van der Waals surface area contributed by atoms with Gasteiger partial charge in [0.05, 0.1) is 0 Å². The molecule has 0 saturated carbocycles. The van der Waals surface area contributed by atoms with Gasteiger partial charge in [0, 0.05) is 31.6 Å². The number of carboxylic acids is 1. The predicted molar refractivity (Wildman–Crippen MR) is 98.8 cm³/mol. The van der Waals surface area contributed by atoms with Crippen LogP contribution in [-0.4, -0.2) is 55.0 Å². The first-order valence-corrected chi connectivity index (χ1v) is 8.34. The molecule has 0 fully saturated rings. The van der Waals surface area contributed by atoms with Crippen molar-refractivity contribution in [3.8, 4) is 5.88 Å². The maximum Gasteiger partial charge on any atom is 0.344 e. The number of rotatable bonds is 8. The van der Waals surface area contributed by atoms with Crippen LogP contribution in [0.25, 0.3) is 16.7 Å². The minimum absolute atomic E-state index is 0.158. The van der Waals surface area contributed by atoms with Gasteiger partial charge in [-0.15, -0.1) is 0 Å². The van der Waals surface area contributed by atoms with Gasteiger partial charge in [0.2, 0.25) is 5.88 Å². The van der Waals surface area contributed by atoms with Gasteiger partial charge >= 0.3 is 5.97 Å². The summed E-state index contributed by atoms with van der Waals surface area (Å²) in [4.78, 5) is 24.2. The first-order valence-electron chi connectivity index (χ1n) is 8.34. The summed E-state index contributed by atoms with van der Waals surface area (Å²) in [6.07, 6.45) is 0.667. The largest absolute Gasteiger partial charge is 0.479 e. The van der Waals surface area contributed by atoms with Crippen LogP contribution in [0.3, 0.4) is 0 Å². The van der Waals surface area contributed by atoms with Crippen molar-refractivity contribution in [2.45, 2.75) is 40.2 Å². The fraction of sp³-hybridized carbons (Fsp3) is 0.471. The van der Waals surface area contributed by atoms with Gasteiger partial charge in [-0.3, -0.25) is 5.01 Å². The fourth-order valence-corrected chi connectivity index (χ4v) is 2.64. The van der Waals surface area contributed by atoms with Crippen LogP contribution >= 0.6 is 0 Å². The molecule has 0 aliphatic rings. The number of ether oxygens (including phenoxy) is 1. The minimum atomic E-state index is -1.04. The summed E-state index contributed by atoms with van der Waals surface area (Å²) in [7, 11) is 1.84. The van der Waals surface area contributed by atoms with Crippen molar-refractivity contribution in [1.82, 2.24) is 24.5 Å². The van der Waals surface area contributed by atoms with Gasteiger partial charge in [0.1, 0.15) is 12.2 Å². The number of aryl methyl sites for hydroxylation is 1. The van der Waals surface area contributed by atoms with Crippen molar-refractivity contribution in [2.75, 3.05) is 6.54 Å². The molecule has 2 rings (SSSR count). The monoisotopic (exact) mass is 360 g/mol. The average molecular weight is 360 g/mol. The topological polar surface area (TPSA) is 106 Å². The zero-order chi connectivity index (χ0) is 19.4. The quantitative estimate of drug-likeness (QED) is 0.568. The molecule has 26 heavy (non-hydrogen) atoms.